The molecule has 2 rings (SSSR count). The van der Waals surface area contributed by atoms with Gasteiger partial charge in [0.2, 0.25) is 0 Å². The van der Waals surface area contributed by atoms with E-state index >= 15 is 0 Å². The van der Waals surface area contributed by atoms with Crippen LogP contribution in [0.25, 0.3) is 0 Å². The number of hydrogen-bond donors (Lipinski definition) is 0. The second kappa shape index (κ2) is 6.75. The van der Waals surface area contributed by atoms with Gasteiger partial charge in [0.1, 0.15) is 22.5 Å². The second-order valence-corrected chi connectivity index (χ2v) is 5.14. The molecule has 0 saturated carbocycles. The molecule has 0 saturated heterocycles. The maximum atomic E-state index is 5.97. The molecule has 0 aliphatic heterocycles. The van der Waals surface area contributed by atoms with Crippen LogP contribution >= 0.6 is 23.4 Å². The molecule has 0 N–H and O–H groups in total. The van der Waals surface area contributed by atoms with Gasteiger partial charge in [0, 0.05) is 18.1 Å². The molecule has 0 aliphatic rings. The van der Waals surface area contributed by atoms with Gasteiger partial charge < -0.3 is 9.47 Å². The van der Waals surface area contributed by atoms with Crippen molar-refractivity contribution in [3.05, 3.63) is 41.3 Å². The predicted octanol–water partition coefficient (Wildman–Crippen LogP) is 3.44. The third-order valence-electron chi connectivity index (χ3n) is 2.25. The van der Waals surface area contributed by atoms with Crippen molar-refractivity contribution < 1.29 is 9.47 Å². The van der Waals surface area contributed by atoms with Crippen molar-refractivity contribution in [1.29, 1.82) is 0 Å². The Balaban J connectivity index is 2.22. The van der Waals surface area contributed by atoms with Crippen molar-refractivity contribution in [1.82, 2.24) is 9.97 Å². The zero-order chi connectivity index (χ0) is 13.7. The molecular formula is C13H13ClN2O2S. The first-order valence-corrected chi connectivity index (χ1v) is 6.75. The van der Waals surface area contributed by atoms with Crippen molar-refractivity contribution in [2.24, 2.45) is 0 Å². The highest BCUT2D eigenvalue weighted by Crippen LogP contribution is 2.29. The number of nitrogens with zero attached hydrogens (tertiary/aromatic N) is 2. The van der Waals surface area contributed by atoms with Crippen LogP contribution in [0, 0.1) is 0 Å². The Morgan fingerprint density at radius 1 is 1.21 bits per heavy atom. The summed E-state index contributed by atoms with van der Waals surface area (Å²) < 4.78 is 10.2. The monoisotopic (exact) mass is 296 g/mol. The Kier molecular flexibility index (Phi) is 5.01. The van der Waals surface area contributed by atoms with E-state index in [9.17, 15) is 0 Å². The number of methoxy groups -OCH3 is 2. The van der Waals surface area contributed by atoms with Crippen molar-refractivity contribution in [2.75, 3.05) is 14.2 Å². The lowest BCUT2D eigenvalue weighted by molar-refractivity contribution is 0.177. The quantitative estimate of drug-likeness (QED) is 0.791. The van der Waals surface area contributed by atoms with Gasteiger partial charge in [-0.15, -0.1) is 0 Å². The zero-order valence-corrected chi connectivity index (χ0v) is 12.2. The van der Waals surface area contributed by atoms with Gasteiger partial charge in [-0.1, -0.05) is 29.4 Å². The van der Waals surface area contributed by atoms with E-state index in [1.165, 1.54) is 11.8 Å². The fourth-order valence-electron chi connectivity index (χ4n) is 1.47. The minimum Gasteiger partial charge on any atom is -0.497 e. The molecule has 0 unspecified atom stereocenters. The summed E-state index contributed by atoms with van der Waals surface area (Å²) in [6.45, 7) is 0.340. The van der Waals surface area contributed by atoms with Gasteiger partial charge in [-0.2, -0.15) is 0 Å². The number of hydrogen-bond acceptors (Lipinski definition) is 5. The molecule has 0 radical (unpaired) electrons. The Hall–Kier alpha value is -1.30. The Bertz CT molecular complexity index is 566. The van der Waals surface area contributed by atoms with E-state index in [0.29, 0.717) is 17.6 Å². The van der Waals surface area contributed by atoms with Crippen molar-refractivity contribution in [2.45, 2.75) is 16.5 Å². The highest BCUT2D eigenvalue weighted by Gasteiger charge is 2.06. The van der Waals surface area contributed by atoms with Crippen molar-refractivity contribution in [3.8, 4) is 5.75 Å². The topological polar surface area (TPSA) is 44.2 Å². The van der Waals surface area contributed by atoms with Crippen LogP contribution in [-0.2, 0) is 11.3 Å². The average molecular weight is 297 g/mol. The van der Waals surface area contributed by atoms with Gasteiger partial charge in [-0.25, -0.2) is 9.97 Å². The van der Waals surface area contributed by atoms with E-state index in [-0.39, 0.29) is 0 Å². The summed E-state index contributed by atoms with van der Waals surface area (Å²) in [6.07, 6.45) is 0. The van der Waals surface area contributed by atoms with Crippen LogP contribution in [0.5, 0.6) is 5.75 Å². The fourth-order valence-corrected chi connectivity index (χ4v) is 2.62. The summed E-state index contributed by atoms with van der Waals surface area (Å²) in [5.41, 5.74) is 0. The molecule has 4 nitrogen and oxygen atoms in total. The van der Waals surface area contributed by atoms with E-state index in [2.05, 4.69) is 9.97 Å². The normalized spacial score (nSPS) is 10.5. The maximum Gasteiger partial charge on any atom is 0.156 e. The SMILES string of the molecule is COCc1nc(Cl)cc(Sc2cccc(OC)c2)n1. The maximum absolute atomic E-state index is 5.97. The molecule has 6 heteroatoms. The van der Waals surface area contributed by atoms with Crippen LogP contribution in [0.2, 0.25) is 5.15 Å². The molecule has 19 heavy (non-hydrogen) atoms. The summed E-state index contributed by atoms with van der Waals surface area (Å²) in [4.78, 5) is 9.49. The third-order valence-corrected chi connectivity index (χ3v) is 3.36. The lowest BCUT2D eigenvalue weighted by Crippen LogP contribution is -1.98. The molecule has 1 aromatic carbocycles. The molecule has 0 fully saturated rings. The van der Waals surface area contributed by atoms with Gasteiger partial charge >= 0.3 is 0 Å². The summed E-state index contributed by atoms with van der Waals surface area (Å²) in [5, 5.41) is 1.19. The van der Waals surface area contributed by atoms with Crippen LogP contribution in [-0.4, -0.2) is 24.2 Å². The third kappa shape index (κ3) is 4.09. The molecular weight excluding hydrogens is 284 g/mol. The molecule has 0 bridgehead atoms. The summed E-state index contributed by atoms with van der Waals surface area (Å²) in [5.74, 6) is 1.38. The van der Waals surface area contributed by atoms with Crippen LogP contribution in [0.3, 0.4) is 0 Å². The number of aromatic nitrogens is 2. The van der Waals surface area contributed by atoms with Gasteiger partial charge in [0.25, 0.3) is 0 Å². The van der Waals surface area contributed by atoms with Gasteiger partial charge in [-0.05, 0) is 18.2 Å². The molecule has 100 valence electrons. The van der Waals surface area contributed by atoms with Crippen LogP contribution in [0.1, 0.15) is 5.82 Å². The number of benzene rings is 1. The smallest absolute Gasteiger partial charge is 0.156 e. The fraction of sp³-hybridized carbons (Fsp3) is 0.231. The lowest BCUT2D eigenvalue weighted by atomic mass is 10.3. The number of halogens is 1. The molecule has 0 spiro atoms. The first-order valence-electron chi connectivity index (χ1n) is 5.55. The van der Waals surface area contributed by atoms with Gasteiger partial charge in [0.15, 0.2) is 5.82 Å². The number of rotatable bonds is 5. The van der Waals surface area contributed by atoms with Crippen LogP contribution in [0.4, 0.5) is 0 Å². The molecule has 1 heterocycles. The lowest BCUT2D eigenvalue weighted by Gasteiger charge is -2.06. The van der Waals surface area contributed by atoms with E-state index in [0.717, 1.165) is 15.7 Å². The number of ether oxygens (including phenoxy) is 2. The van der Waals surface area contributed by atoms with Crippen molar-refractivity contribution in [3.63, 3.8) is 0 Å². The summed E-state index contributed by atoms with van der Waals surface area (Å²) >= 11 is 7.47. The molecule has 2 aromatic rings. The standard InChI is InChI=1S/C13H13ClN2O2S/c1-17-8-12-15-11(14)7-13(16-12)19-10-5-3-4-9(6-10)18-2/h3-7H,8H2,1-2H3. The van der Waals surface area contributed by atoms with Crippen LogP contribution in [0.15, 0.2) is 40.3 Å². The van der Waals surface area contributed by atoms with E-state index in [4.69, 9.17) is 21.1 Å². The highest BCUT2D eigenvalue weighted by molar-refractivity contribution is 7.99. The molecule has 1 aromatic heterocycles. The van der Waals surface area contributed by atoms with E-state index in [1.54, 1.807) is 20.3 Å². The summed E-state index contributed by atoms with van der Waals surface area (Å²) in [7, 11) is 3.24. The van der Waals surface area contributed by atoms with E-state index in [1.807, 2.05) is 24.3 Å². The Morgan fingerprint density at radius 2 is 2.05 bits per heavy atom. The average Bonchev–Trinajstić information content (AvgIpc) is 2.38. The van der Waals surface area contributed by atoms with Crippen LogP contribution < -0.4 is 4.74 Å². The minimum absolute atomic E-state index is 0.340. The largest absolute Gasteiger partial charge is 0.497 e. The predicted molar refractivity (Wildman–Crippen MR) is 74.9 cm³/mol. The van der Waals surface area contributed by atoms with Crippen molar-refractivity contribution >= 4 is 23.4 Å². The molecule has 0 atom stereocenters. The first-order chi connectivity index (χ1) is 9.21. The second-order valence-electron chi connectivity index (χ2n) is 3.66. The summed E-state index contributed by atoms with van der Waals surface area (Å²) in [6, 6.07) is 9.48. The zero-order valence-electron chi connectivity index (χ0n) is 10.6. The van der Waals surface area contributed by atoms with Gasteiger partial charge in [0.05, 0.1) is 7.11 Å². The molecule has 0 amide bonds. The minimum atomic E-state index is 0.340. The highest BCUT2D eigenvalue weighted by atomic mass is 35.5. The first kappa shape index (κ1) is 14.1. The Labute approximate surface area is 121 Å². The van der Waals surface area contributed by atoms with E-state index < -0.39 is 0 Å². The Morgan fingerprint density at radius 3 is 2.79 bits per heavy atom. The van der Waals surface area contributed by atoms with Gasteiger partial charge in [-0.3, -0.25) is 0 Å². The molecule has 0 aliphatic carbocycles.